The van der Waals surface area contributed by atoms with E-state index in [2.05, 4.69) is 0 Å². The van der Waals surface area contributed by atoms with Gasteiger partial charge < -0.3 is 25.4 Å². The quantitative estimate of drug-likeness (QED) is 0.287. The fraction of sp³-hybridized carbons (Fsp3) is 0.286. The number of amides is 2. The Labute approximate surface area is 214 Å². The van der Waals surface area contributed by atoms with Gasteiger partial charge in [0.25, 0.3) is 0 Å². The van der Waals surface area contributed by atoms with E-state index in [4.69, 9.17) is 10.5 Å². The summed E-state index contributed by atoms with van der Waals surface area (Å²) in [6, 6.07) is 17.0. The number of carbonyl (C=O) groups is 4. The molecule has 4 rings (SSSR count). The lowest BCUT2D eigenvalue weighted by Gasteiger charge is -2.35. The van der Waals surface area contributed by atoms with Gasteiger partial charge in [0, 0.05) is 37.1 Å². The van der Waals surface area contributed by atoms with E-state index in [1.165, 1.54) is 17.0 Å². The molecule has 1 fully saturated rings. The molecule has 192 valence electrons. The molecule has 1 aliphatic heterocycles. The molecule has 9 nitrogen and oxygen atoms in total. The van der Waals surface area contributed by atoms with Gasteiger partial charge in [-0.25, -0.2) is 9.59 Å². The van der Waals surface area contributed by atoms with Crippen LogP contribution >= 0.6 is 0 Å². The SMILES string of the molecule is CCOC(=O)N1CCN(C(=O)C(Cc2ccc(C(=O)O)cc2)C(=O)c2ccc3ccccc3c2N)CC1. The summed E-state index contributed by atoms with van der Waals surface area (Å²) < 4.78 is 5.05. The van der Waals surface area contributed by atoms with Crippen LogP contribution in [-0.2, 0) is 16.0 Å². The fourth-order valence-corrected chi connectivity index (χ4v) is 4.55. The summed E-state index contributed by atoms with van der Waals surface area (Å²) in [5.74, 6) is -2.88. The number of anilines is 1. The first kappa shape index (κ1) is 25.7. The third-order valence-corrected chi connectivity index (χ3v) is 6.61. The largest absolute Gasteiger partial charge is 0.478 e. The van der Waals surface area contributed by atoms with E-state index < -0.39 is 23.8 Å². The third-order valence-electron chi connectivity index (χ3n) is 6.61. The molecular weight excluding hydrogens is 474 g/mol. The summed E-state index contributed by atoms with van der Waals surface area (Å²) in [5, 5.41) is 10.8. The number of hydrogen-bond donors (Lipinski definition) is 2. The fourth-order valence-electron chi connectivity index (χ4n) is 4.55. The van der Waals surface area contributed by atoms with Crippen molar-refractivity contribution in [3.8, 4) is 0 Å². The van der Waals surface area contributed by atoms with Gasteiger partial charge in [-0.1, -0.05) is 42.5 Å². The number of rotatable bonds is 7. The Kier molecular flexibility index (Phi) is 7.71. The Morgan fingerprint density at radius 2 is 1.57 bits per heavy atom. The molecule has 3 aromatic carbocycles. The molecule has 1 unspecified atom stereocenters. The van der Waals surface area contributed by atoms with E-state index in [1.54, 1.807) is 36.1 Å². The molecule has 2 amide bonds. The van der Waals surface area contributed by atoms with Crippen molar-refractivity contribution in [3.05, 3.63) is 77.4 Å². The van der Waals surface area contributed by atoms with Crippen molar-refractivity contribution in [1.82, 2.24) is 9.80 Å². The second kappa shape index (κ2) is 11.1. The molecule has 0 aromatic heterocycles. The van der Waals surface area contributed by atoms with Crippen LogP contribution < -0.4 is 5.73 Å². The Bertz CT molecular complexity index is 1330. The number of hydrogen-bond acceptors (Lipinski definition) is 6. The van der Waals surface area contributed by atoms with Crippen LogP contribution in [0.2, 0.25) is 0 Å². The highest BCUT2D eigenvalue weighted by Crippen LogP contribution is 2.28. The first-order chi connectivity index (χ1) is 17.8. The van der Waals surface area contributed by atoms with Crippen LogP contribution in [0.3, 0.4) is 0 Å². The number of nitrogen functional groups attached to an aromatic ring is 1. The number of ketones is 1. The maximum atomic E-state index is 13.8. The molecule has 1 atom stereocenters. The van der Waals surface area contributed by atoms with Crippen molar-refractivity contribution < 1.29 is 29.0 Å². The monoisotopic (exact) mass is 503 g/mol. The van der Waals surface area contributed by atoms with E-state index in [0.29, 0.717) is 24.3 Å². The molecule has 1 saturated heterocycles. The minimum absolute atomic E-state index is 0.0852. The van der Waals surface area contributed by atoms with E-state index in [-0.39, 0.29) is 43.2 Å². The number of aromatic carboxylic acids is 1. The maximum absolute atomic E-state index is 13.8. The highest BCUT2D eigenvalue weighted by Gasteiger charge is 2.35. The van der Waals surface area contributed by atoms with Gasteiger partial charge in [-0.3, -0.25) is 9.59 Å². The summed E-state index contributed by atoms with van der Waals surface area (Å²) in [6.07, 6.45) is -0.341. The van der Waals surface area contributed by atoms with E-state index in [0.717, 1.165) is 10.8 Å². The predicted molar refractivity (Wildman–Crippen MR) is 138 cm³/mol. The van der Waals surface area contributed by atoms with E-state index in [1.807, 2.05) is 24.3 Å². The number of nitrogens with two attached hydrogens (primary N) is 1. The van der Waals surface area contributed by atoms with Gasteiger partial charge in [0.2, 0.25) is 5.91 Å². The maximum Gasteiger partial charge on any atom is 0.409 e. The first-order valence-electron chi connectivity index (χ1n) is 12.1. The van der Waals surface area contributed by atoms with Crippen molar-refractivity contribution in [2.75, 3.05) is 38.5 Å². The second-order valence-electron chi connectivity index (χ2n) is 8.88. The Balaban J connectivity index is 1.62. The summed E-state index contributed by atoms with van der Waals surface area (Å²) in [6.45, 7) is 3.14. The normalized spacial score (nSPS) is 14.3. The predicted octanol–water partition coefficient (Wildman–Crippen LogP) is 3.46. The topological polar surface area (TPSA) is 130 Å². The van der Waals surface area contributed by atoms with Crippen LogP contribution in [0.25, 0.3) is 10.8 Å². The molecule has 3 aromatic rings. The van der Waals surface area contributed by atoms with Gasteiger partial charge in [0.1, 0.15) is 5.92 Å². The average molecular weight is 504 g/mol. The average Bonchev–Trinajstić information content (AvgIpc) is 2.92. The lowest BCUT2D eigenvalue weighted by atomic mass is 9.88. The summed E-state index contributed by atoms with van der Waals surface area (Å²) in [4.78, 5) is 53.9. The van der Waals surface area contributed by atoms with Crippen molar-refractivity contribution in [2.24, 2.45) is 5.92 Å². The molecule has 0 radical (unpaired) electrons. The van der Waals surface area contributed by atoms with E-state index >= 15 is 0 Å². The molecule has 1 heterocycles. The number of nitrogens with zero attached hydrogens (tertiary/aromatic N) is 2. The summed E-state index contributed by atoms with van der Waals surface area (Å²) >= 11 is 0. The lowest BCUT2D eigenvalue weighted by Crippen LogP contribution is -2.53. The number of carbonyl (C=O) groups excluding carboxylic acids is 3. The molecule has 0 bridgehead atoms. The number of ether oxygens (including phenoxy) is 1. The van der Waals surface area contributed by atoms with Crippen LogP contribution in [0.1, 0.15) is 33.2 Å². The number of carboxylic acids is 1. The highest BCUT2D eigenvalue weighted by atomic mass is 16.6. The minimum atomic E-state index is -1.06. The zero-order chi connectivity index (χ0) is 26.5. The van der Waals surface area contributed by atoms with Crippen molar-refractivity contribution in [2.45, 2.75) is 13.3 Å². The highest BCUT2D eigenvalue weighted by molar-refractivity contribution is 6.16. The zero-order valence-electron chi connectivity index (χ0n) is 20.6. The van der Waals surface area contributed by atoms with Gasteiger partial charge in [-0.05, 0) is 42.5 Å². The van der Waals surface area contributed by atoms with Crippen LogP contribution in [-0.4, -0.2) is 71.4 Å². The molecular formula is C28H29N3O6. The molecule has 37 heavy (non-hydrogen) atoms. The van der Waals surface area contributed by atoms with Gasteiger partial charge in [0.15, 0.2) is 5.78 Å². The van der Waals surface area contributed by atoms with Crippen LogP contribution in [0.4, 0.5) is 10.5 Å². The van der Waals surface area contributed by atoms with E-state index in [9.17, 15) is 24.3 Å². The number of Topliss-reactive ketones (excluding diaryl/α,β-unsaturated/α-hetero) is 1. The lowest BCUT2D eigenvalue weighted by molar-refractivity contribution is -0.135. The Hall–Kier alpha value is -4.40. The standard InChI is InChI=1S/C28H29N3O6/c1-2-37-28(36)31-15-13-30(14-16-31)26(33)23(17-18-7-9-20(10-8-18)27(34)35)25(32)22-12-11-19-5-3-4-6-21(19)24(22)29/h3-12,23H,2,13-17,29H2,1H3,(H,34,35). The summed E-state index contributed by atoms with van der Waals surface area (Å²) in [7, 11) is 0. The number of fused-ring (bicyclic) bond motifs is 1. The molecule has 0 aliphatic carbocycles. The van der Waals surface area contributed by atoms with Crippen molar-refractivity contribution >= 4 is 40.2 Å². The minimum Gasteiger partial charge on any atom is -0.478 e. The molecule has 1 aliphatic rings. The van der Waals surface area contributed by atoms with Gasteiger partial charge in [-0.15, -0.1) is 0 Å². The first-order valence-corrected chi connectivity index (χ1v) is 12.1. The molecule has 0 spiro atoms. The van der Waals surface area contributed by atoms with Crippen LogP contribution in [0.5, 0.6) is 0 Å². The van der Waals surface area contributed by atoms with Crippen LogP contribution in [0, 0.1) is 5.92 Å². The molecule has 9 heteroatoms. The number of benzene rings is 3. The zero-order valence-corrected chi connectivity index (χ0v) is 20.6. The number of carboxylic acid groups (broad SMARTS) is 1. The Morgan fingerprint density at radius 3 is 2.22 bits per heavy atom. The van der Waals surface area contributed by atoms with Gasteiger partial charge in [-0.2, -0.15) is 0 Å². The molecule has 0 saturated carbocycles. The third kappa shape index (κ3) is 5.55. The second-order valence-corrected chi connectivity index (χ2v) is 8.88. The van der Waals surface area contributed by atoms with Gasteiger partial charge >= 0.3 is 12.1 Å². The van der Waals surface area contributed by atoms with Crippen molar-refractivity contribution in [3.63, 3.8) is 0 Å². The Morgan fingerprint density at radius 1 is 0.919 bits per heavy atom. The smallest absolute Gasteiger partial charge is 0.409 e. The van der Waals surface area contributed by atoms with Crippen molar-refractivity contribution in [1.29, 1.82) is 0 Å². The van der Waals surface area contributed by atoms with Gasteiger partial charge in [0.05, 0.1) is 17.9 Å². The summed E-state index contributed by atoms with van der Waals surface area (Å²) in [5.41, 5.74) is 7.75. The number of piperazine rings is 1. The molecule has 3 N–H and O–H groups in total. The van der Waals surface area contributed by atoms with Crippen LogP contribution in [0.15, 0.2) is 60.7 Å².